The average molecular weight is 1150 g/mol. The zero-order valence-electron chi connectivity index (χ0n) is 47.7. The van der Waals surface area contributed by atoms with Crippen LogP contribution in [0.2, 0.25) is 0 Å². The number of ether oxygens (including phenoxy) is 2. The summed E-state index contributed by atoms with van der Waals surface area (Å²) in [5, 5.41) is 45.3. The third-order valence-electron chi connectivity index (χ3n) is 23.6. The lowest BCUT2D eigenvalue weighted by atomic mass is 9.43. The molecule has 0 radical (unpaired) electrons. The molecule has 0 unspecified atom stereocenters. The summed E-state index contributed by atoms with van der Waals surface area (Å²) in [7, 11) is 3.61. The maximum atomic E-state index is 15.8. The van der Waals surface area contributed by atoms with Crippen molar-refractivity contribution in [3.63, 3.8) is 0 Å². The zero-order valence-corrected chi connectivity index (χ0v) is 49.3. The van der Waals surface area contributed by atoms with Gasteiger partial charge in [0.1, 0.15) is 11.5 Å². The fraction of sp³-hybridized carbons (Fsp3) is 0.672. The molecule has 0 aromatic heterocycles. The van der Waals surface area contributed by atoms with E-state index in [2.05, 4.69) is 71.2 Å². The van der Waals surface area contributed by atoms with Crippen molar-refractivity contribution in [2.24, 2.45) is 93.7 Å². The molecule has 2 amide bonds. The van der Waals surface area contributed by atoms with E-state index in [4.69, 9.17) is 9.47 Å². The smallest absolute Gasteiger partial charge is 0.340 e. The average Bonchev–Trinajstić information content (AvgIpc) is 1.61. The van der Waals surface area contributed by atoms with Crippen molar-refractivity contribution < 1.29 is 44.0 Å². The SMILES string of the molecule is CCC1(/C=C2\OC(=O)C3=C2CC[C@H]2[C@@H]4CC[C@@]5(C6=C4[C@@H](CN4C(=O)C=CC4=O)C4=CCNC(=C4)NCSS[C@@H](N[C@H]4CC[C@H]7CCCC[C@H]7[C@@H]4O)[C@H]([C@H]4[C@@H]7C[C@H]8C[C@@H](CO)C[C@H](CO)C#C[C@@H]7C=C[C@@H]4C8)C/C=C/5OC6=O)[C@@H]32)CCCC1. The van der Waals surface area contributed by atoms with Gasteiger partial charge in [-0.25, -0.2) is 9.59 Å². The minimum Gasteiger partial charge on any atom is -0.427 e. The van der Waals surface area contributed by atoms with E-state index < -0.39 is 23.4 Å². The third kappa shape index (κ3) is 9.51. The van der Waals surface area contributed by atoms with E-state index in [-0.39, 0.29) is 119 Å². The first kappa shape index (κ1) is 55.6. The van der Waals surface area contributed by atoms with Gasteiger partial charge in [-0.1, -0.05) is 90.7 Å². The summed E-state index contributed by atoms with van der Waals surface area (Å²) >= 11 is 0. The molecular weight excluding hydrogens is 1070 g/mol. The topological polar surface area (TPSA) is 187 Å². The van der Waals surface area contributed by atoms with Gasteiger partial charge >= 0.3 is 11.9 Å². The van der Waals surface area contributed by atoms with Crippen LogP contribution >= 0.6 is 21.6 Å². The van der Waals surface area contributed by atoms with Crippen molar-refractivity contribution >= 4 is 45.3 Å². The highest BCUT2D eigenvalue weighted by atomic mass is 33.1. The number of carbonyl (C=O) groups excluding carboxylic acids is 4. The first-order valence-corrected chi connectivity index (χ1v) is 34.3. The lowest BCUT2D eigenvalue weighted by molar-refractivity contribution is -0.138. The number of nitrogens with zero attached hydrogens (tertiary/aromatic N) is 1. The highest BCUT2D eigenvalue weighted by Gasteiger charge is 2.69. The summed E-state index contributed by atoms with van der Waals surface area (Å²) in [5.74, 6) is 9.10. The Labute approximate surface area is 492 Å². The number of cyclic esters (lactones) is 1. The molecule has 82 heavy (non-hydrogen) atoms. The van der Waals surface area contributed by atoms with E-state index in [1.54, 1.807) is 10.8 Å². The number of aliphatic hydroxyl groups excluding tert-OH is 3. The number of allylic oxidation sites excluding steroid dienone is 7. The molecule has 10 aliphatic carbocycles. The quantitative estimate of drug-likeness (QED) is 0.0422. The Kier molecular flexibility index (Phi) is 15.3. The Bertz CT molecular complexity index is 2940. The molecule has 1 saturated heterocycles. The minimum atomic E-state index is -1.01. The first-order valence-electron chi connectivity index (χ1n) is 31.9. The molecule has 438 valence electrons. The number of esters is 2. The van der Waals surface area contributed by atoms with Crippen LogP contribution in [0.15, 0.2) is 93.8 Å². The van der Waals surface area contributed by atoms with Crippen molar-refractivity contribution in [1.29, 1.82) is 0 Å². The monoisotopic (exact) mass is 1150 g/mol. The second kappa shape index (κ2) is 22.5. The largest absolute Gasteiger partial charge is 0.427 e. The molecule has 13 nitrogen and oxygen atoms in total. The third-order valence-corrected chi connectivity index (χ3v) is 26.0. The Morgan fingerprint density at radius 1 is 0.841 bits per heavy atom. The fourth-order valence-electron chi connectivity index (χ4n) is 19.9. The second-order valence-electron chi connectivity index (χ2n) is 27.4. The molecule has 1 spiro atoms. The zero-order chi connectivity index (χ0) is 56.0. The van der Waals surface area contributed by atoms with Crippen molar-refractivity contribution in [3.8, 4) is 11.8 Å². The number of carbonyl (C=O) groups is 4. The molecule has 15 rings (SSSR count). The molecule has 10 bridgehead atoms. The number of amides is 2. The summed E-state index contributed by atoms with van der Waals surface area (Å²) in [6.45, 7) is 2.87. The van der Waals surface area contributed by atoms with Crippen LogP contribution in [-0.2, 0) is 28.7 Å². The van der Waals surface area contributed by atoms with E-state index in [0.29, 0.717) is 72.6 Å². The van der Waals surface area contributed by atoms with Gasteiger partial charge in [0.25, 0.3) is 11.8 Å². The standard InChI is InChI=1S/C67H84N4O9S2/c1-2-66(23-5-6-24-66)32-52-47-15-14-46-45-21-25-67(60(46)59(47)64(77)79-52)53-18-16-48(57-43-12-11-41-10-9-37(34-72)27-39(35-73)28-38(29-43)30-49(41)57)63(70-51-17-13-40-7-3-4-8-44(40)62(51)76)82-81-36-69-54-31-42(22-26-68-54)50(58(45)61(67)65(78)80-53)33-71-55(74)19-20-56(71)75/h11-12,18-20,22,31-32,37-41,43-46,48-51,57,60,62-63,68-70,72-73,76H,2-8,13-17,21,23-30,33-36H2,1H3/b52-32-,53-18-/t37-,38+,39+,40-,41-,43-,44-,45+,46+,48+,49-,50+,51+,57+,60-,62+,63-,67+/m1/s1. The molecule has 5 aliphatic heterocycles. The van der Waals surface area contributed by atoms with Gasteiger partial charge in [-0.2, -0.15) is 0 Å². The molecule has 0 aromatic carbocycles. The second-order valence-corrected chi connectivity index (χ2v) is 29.9. The predicted octanol–water partition coefficient (Wildman–Crippen LogP) is 9.43. The summed E-state index contributed by atoms with van der Waals surface area (Å²) in [6.07, 6.45) is 34.8. The molecule has 15 aliphatic rings. The first-order chi connectivity index (χ1) is 40.0. The minimum absolute atomic E-state index is 0.0235. The Morgan fingerprint density at radius 2 is 1.68 bits per heavy atom. The van der Waals surface area contributed by atoms with E-state index in [0.717, 1.165) is 112 Å². The van der Waals surface area contributed by atoms with Gasteiger partial charge in [-0.05, 0) is 190 Å². The summed E-state index contributed by atoms with van der Waals surface area (Å²) in [5.41, 5.74) is 3.16. The Morgan fingerprint density at radius 3 is 2.50 bits per heavy atom. The number of rotatable bonds is 9. The van der Waals surface area contributed by atoms with Crippen molar-refractivity contribution in [2.45, 2.75) is 153 Å². The van der Waals surface area contributed by atoms with E-state index in [1.165, 1.54) is 29.9 Å². The van der Waals surface area contributed by atoms with Crippen LogP contribution in [0.5, 0.6) is 0 Å². The Hall–Kier alpha value is -4.30. The summed E-state index contributed by atoms with van der Waals surface area (Å²) in [6, 6.07) is -0.0970. The predicted molar refractivity (Wildman–Crippen MR) is 315 cm³/mol. The van der Waals surface area contributed by atoms with Crippen molar-refractivity contribution in [1.82, 2.24) is 20.9 Å². The van der Waals surface area contributed by atoms with Crippen LogP contribution in [0.1, 0.15) is 135 Å². The van der Waals surface area contributed by atoms with Gasteiger partial charge in [-0.3, -0.25) is 19.8 Å². The molecule has 15 heteroatoms. The number of hydrogen-bond acceptors (Lipinski definition) is 14. The van der Waals surface area contributed by atoms with Gasteiger partial charge in [0.15, 0.2) is 0 Å². The van der Waals surface area contributed by atoms with E-state index >= 15 is 9.59 Å². The number of imide groups is 1. The molecule has 6 N–H and O–H groups in total. The number of dihydropyridines is 1. The lowest BCUT2D eigenvalue weighted by Crippen LogP contribution is -2.56. The van der Waals surface area contributed by atoms with Crippen LogP contribution in [0.3, 0.4) is 0 Å². The molecular formula is C67H84N4O9S2. The molecule has 6 fully saturated rings. The molecule has 5 saturated carbocycles. The maximum Gasteiger partial charge on any atom is 0.340 e. The number of hydrogen-bond donors (Lipinski definition) is 6. The van der Waals surface area contributed by atoms with Crippen LogP contribution < -0.4 is 16.0 Å². The maximum absolute atomic E-state index is 15.8. The molecule has 0 aromatic rings. The lowest BCUT2D eigenvalue weighted by Gasteiger charge is -2.57. The number of fused-ring (bicyclic) bond motifs is 5. The van der Waals surface area contributed by atoms with Gasteiger partial charge in [0, 0.05) is 72.7 Å². The van der Waals surface area contributed by atoms with E-state index in [1.807, 2.05) is 10.8 Å². The normalized spacial score (nSPS) is 42.9. The van der Waals surface area contributed by atoms with Gasteiger partial charge < -0.3 is 35.4 Å². The van der Waals surface area contributed by atoms with Crippen LogP contribution in [-0.4, -0.2) is 93.7 Å². The van der Waals surface area contributed by atoms with E-state index in [9.17, 15) is 24.9 Å². The van der Waals surface area contributed by atoms with Crippen LogP contribution in [0, 0.1) is 106 Å². The fourth-order valence-corrected chi connectivity index (χ4v) is 22.4. The molecule has 5 heterocycles. The van der Waals surface area contributed by atoms with Gasteiger partial charge in [0.2, 0.25) is 0 Å². The van der Waals surface area contributed by atoms with Crippen molar-refractivity contribution in [2.75, 3.05) is 32.2 Å². The van der Waals surface area contributed by atoms with Gasteiger partial charge in [-0.15, -0.1) is 0 Å². The highest BCUT2D eigenvalue weighted by molar-refractivity contribution is 8.76. The number of nitrogens with one attached hydrogen (secondary N) is 3. The summed E-state index contributed by atoms with van der Waals surface area (Å²) in [4.78, 5) is 59.5. The van der Waals surface area contributed by atoms with Crippen molar-refractivity contribution in [3.05, 3.63) is 93.8 Å². The Balaban J connectivity index is 0.945. The highest BCUT2D eigenvalue weighted by Crippen LogP contribution is 2.72. The summed E-state index contributed by atoms with van der Waals surface area (Å²) < 4.78 is 13.5. The number of aliphatic hydroxyl groups is 3. The molecule has 18 atom stereocenters. The van der Waals surface area contributed by atoms with Crippen LogP contribution in [0.4, 0.5) is 0 Å². The van der Waals surface area contributed by atoms with Crippen LogP contribution in [0.25, 0.3) is 0 Å². The van der Waals surface area contributed by atoms with Gasteiger partial charge in [0.05, 0.1) is 40.8 Å².